The molecule has 0 spiro atoms. The number of rotatable bonds is 11. The van der Waals surface area contributed by atoms with Gasteiger partial charge in [-0.25, -0.2) is 0 Å². The molecule has 6 heteroatoms. The molecule has 1 aromatic rings. The summed E-state index contributed by atoms with van der Waals surface area (Å²) >= 11 is 0. The first-order valence-electron chi connectivity index (χ1n) is 8.67. The number of benzene rings is 1. The first kappa shape index (κ1) is 27.0. The van der Waals surface area contributed by atoms with E-state index in [0.717, 1.165) is 0 Å². The molecule has 0 unspecified atom stereocenters. The molecule has 0 aliphatic carbocycles. The van der Waals surface area contributed by atoms with Gasteiger partial charge in [0, 0.05) is 0 Å². The minimum atomic E-state index is -4.67. The molecule has 0 heterocycles. The third-order valence-electron chi connectivity index (χ3n) is 3.66. The SMILES string of the molecule is CCCCCCCCCCCCc1ccccc1.O=S(=O)(O)O.[KH]. The number of hydrogen-bond donors (Lipinski definition) is 2. The van der Waals surface area contributed by atoms with Crippen molar-refractivity contribution < 1.29 is 17.5 Å². The van der Waals surface area contributed by atoms with Gasteiger partial charge in [-0.3, -0.25) is 9.11 Å². The fourth-order valence-corrected chi connectivity index (χ4v) is 2.46. The summed E-state index contributed by atoms with van der Waals surface area (Å²) in [4.78, 5) is 0. The molecule has 4 nitrogen and oxygen atoms in total. The Morgan fingerprint density at radius 1 is 0.750 bits per heavy atom. The van der Waals surface area contributed by atoms with Crippen LogP contribution in [0.25, 0.3) is 0 Å². The standard InChI is InChI=1S/C18H30.K.H2O4S.H/c1-2-3-4-5-6-7-8-9-10-12-15-18-16-13-11-14-17-18;;1-5(2,3)4;/h11,13-14,16-17H,2-10,12,15H2,1H3;;(H2,1,2,3,4);. The molecule has 0 atom stereocenters. The quantitative estimate of drug-likeness (QED) is 0.325. The van der Waals surface area contributed by atoms with Gasteiger partial charge in [-0.05, 0) is 18.4 Å². The van der Waals surface area contributed by atoms with Crippen LogP contribution < -0.4 is 0 Å². The molecule has 0 bridgehead atoms. The Hall–Kier alpha value is 0.726. The molecule has 24 heavy (non-hydrogen) atoms. The van der Waals surface area contributed by atoms with Gasteiger partial charge in [-0.1, -0.05) is 95.0 Å². The second kappa shape index (κ2) is 18.5. The maximum atomic E-state index is 8.74. The molecule has 2 N–H and O–H groups in total. The predicted octanol–water partition coefficient (Wildman–Crippen LogP) is 4.85. The topological polar surface area (TPSA) is 74.6 Å². The predicted molar refractivity (Wildman–Crippen MR) is 103 cm³/mol. The van der Waals surface area contributed by atoms with E-state index in [1.165, 1.54) is 76.2 Å². The Balaban J connectivity index is 0. The summed E-state index contributed by atoms with van der Waals surface area (Å²) in [6, 6.07) is 10.9. The first-order valence-corrected chi connectivity index (χ1v) is 10.1. The van der Waals surface area contributed by atoms with Crippen LogP contribution in [-0.4, -0.2) is 68.9 Å². The summed E-state index contributed by atoms with van der Waals surface area (Å²) in [7, 11) is -4.67. The summed E-state index contributed by atoms with van der Waals surface area (Å²) in [6.45, 7) is 2.28. The molecule has 0 aliphatic rings. The van der Waals surface area contributed by atoms with Gasteiger partial charge >= 0.3 is 61.8 Å². The van der Waals surface area contributed by atoms with Crippen LogP contribution in [0.3, 0.4) is 0 Å². The monoisotopic (exact) mass is 384 g/mol. The fraction of sp³-hybridized carbons (Fsp3) is 0.667. The summed E-state index contributed by atoms with van der Waals surface area (Å²) < 4.78 is 31.6. The van der Waals surface area contributed by atoms with Crippen LogP contribution in [-0.2, 0) is 16.8 Å². The van der Waals surface area contributed by atoms with Gasteiger partial charge < -0.3 is 0 Å². The molecule has 0 aromatic heterocycles. The number of unbranched alkanes of at least 4 members (excludes halogenated alkanes) is 9. The van der Waals surface area contributed by atoms with Gasteiger partial charge in [-0.15, -0.1) is 0 Å². The van der Waals surface area contributed by atoms with Gasteiger partial charge in [-0.2, -0.15) is 8.42 Å². The van der Waals surface area contributed by atoms with Crippen molar-refractivity contribution in [1.29, 1.82) is 0 Å². The summed E-state index contributed by atoms with van der Waals surface area (Å²) in [6.07, 6.45) is 15.5. The molecule has 1 aromatic carbocycles. The van der Waals surface area contributed by atoms with Crippen molar-refractivity contribution in [2.24, 2.45) is 0 Å². The number of aryl methyl sites for hydroxylation is 1. The van der Waals surface area contributed by atoms with E-state index < -0.39 is 10.4 Å². The van der Waals surface area contributed by atoms with Gasteiger partial charge in [0.1, 0.15) is 0 Å². The van der Waals surface area contributed by atoms with E-state index in [2.05, 4.69) is 37.3 Å². The van der Waals surface area contributed by atoms with E-state index in [0.29, 0.717) is 0 Å². The summed E-state index contributed by atoms with van der Waals surface area (Å²) in [5.74, 6) is 0. The number of hydrogen-bond acceptors (Lipinski definition) is 2. The van der Waals surface area contributed by atoms with Crippen LogP contribution in [0.15, 0.2) is 30.3 Å². The summed E-state index contributed by atoms with van der Waals surface area (Å²) in [5, 5.41) is 0. The maximum absolute atomic E-state index is 8.74. The van der Waals surface area contributed by atoms with Crippen molar-refractivity contribution in [2.45, 2.75) is 77.6 Å². The van der Waals surface area contributed by atoms with Crippen molar-refractivity contribution in [2.75, 3.05) is 0 Å². The van der Waals surface area contributed by atoms with Crippen LogP contribution >= 0.6 is 0 Å². The van der Waals surface area contributed by atoms with Crippen molar-refractivity contribution in [3.63, 3.8) is 0 Å². The first-order chi connectivity index (χ1) is 10.9. The van der Waals surface area contributed by atoms with Crippen LogP contribution in [0, 0.1) is 0 Å². The Morgan fingerprint density at radius 2 is 1.12 bits per heavy atom. The van der Waals surface area contributed by atoms with E-state index in [9.17, 15) is 0 Å². The molecule has 0 saturated heterocycles. The van der Waals surface area contributed by atoms with Crippen LogP contribution in [0.1, 0.15) is 76.7 Å². The third-order valence-corrected chi connectivity index (χ3v) is 3.66. The normalized spacial score (nSPS) is 10.5. The molecule has 0 fully saturated rings. The average molecular weight is 385 g/mol. The van der Waals surface area contributed by atoms with Crippen LogP contribution in [0.2, 0.25) is 0 Å². The average Bonchev–Trinajstić information content (AvgIpc) is 2.48. The van der Waals surface area contributed by atoms with Gasteiger partial charge in [0.15, 0.2) is 0 Å². The zero-order valence-electron chi connectivity index (χ0n) is 14.3. The summed E-state index contributed by atoms with van der Waals surface area (Å²) in [5.41, 5.74) is 1.50. The molecule has 0 saturated carbocycles. The third kappa shape index (κ3) is 25.0. The molecule has 136 valence electrons. The molecular formula is C18H33KO4S. The van der Waals surface area contributed by atoms with Crippen molar-refractivity contribution in [3.05, 3.63) is 35.9 Å². The van der Waals surface area contributed by atoms with Crippen molar-refractivity contribution in [1.82, 2.24) is 0 Å². The Kier molecular flexibility index (Phi) is 20.8. The van der Waals surface area contributed by atoms with Gasteiger partial charge in [0.2, 0.25) is 0 Å². The minimum absolute atomic E-state index is 0. The van der Waals surface area contributed by atoms with E-state index in [1.54, 1.807) is 0 Å². The van der Waals surface area contributed by atoms with E-state index in [-0.39, 0.29) is 51.4 Å². The fourth-order valence-electron chi connectivity index (χ4n) is 2.46. The molecule has 0 aliphatic heterocycles. The van der Waals surface area contributed by atoms with Crippen LogP contribution in [0.4, 0.5) is 0 Å². The zero-order chi connectivity index (χ0) is 17.4. The van der Waals surface area contributed by atoms with Crippen LogP contribution in [0.5, 0.6) is 0 Å². The van der Waals surface area contributed by atoms with Gasteiger partial charge in [0.05, 0.1) is 0 Å². The van der Waals surface area contributed by atoms with E-state index in [1.807, 2.05) is 0 Å². The van der Waals surface area contributed by atoms with E-state index in [4.69, 9.17) is 17.5 Å². The molecule has 1 rings (SSSR count). The Labute approximate surface area is 190 Å². The van der Waals surface area contributed by atoms with E-state index >= 15 is 0 Å². The second-order valence-electron chi connectivity index (χ2n) is 5.87. The Morgan fingerprint density at radius 3 is 1.54 bits per heavy atom. The Bertz CT molecular complexity index is 455. The molecule has 0 radical (unpaired) electrons. The van der Waals surface area contributed by atoms with Crippen molar-refractivity contribution in [3.8, 4) is 0 Å². The second-order valence-corrected chi connectivity index (χ2v) is 6.76. The zero-order valence-corrected chi connectivity index (χ0v) is 15.1. The molecular weight excluding hydrogens is 351 g/mol. The van der Waals surface area contributed by atoms with Gasteiger partial charge in [0.25, 0.3) is 0 Å². The van der Waals surface area contributed by atoms with Crippen molar-refractivity contribution >= 4 is 61.8 Å². The molecule has 0 amide bonds.